The highest BCUT2D eigenvalue weighted by Crippen LogP contribution is 2.55. The van der Waals surface area contributed by atoms with Crippen LogP contribution in [0.1, 0.15) is 21.9 Å². The van der Waals surface area contributed by atoms with Gasteiger partial charge >= 0.3 is 11.0 Å². The SMILES string of the molecule is COc1ccc(NC(=O)Cn2c3c(sc2=O)C(c2ccccc2O)C2C(=O)N(c4cccc(C(F)(F)F)c4)C(=O)C2S3)cc1. The lowest BCUT2D eigenvalue weighted by atomic mass is 9.82. The number of phenols is 1. The maximum absolute atomic E-state index is 13.9. The molecule has 3 unspecified atom stereocenters. The minimum absolute atomic E-state index is 0.184. The Morgan fingerprint density at radius 3 is 2.41 bits per heavy atom. The number of carbonyl (C=O) groups excluding carboxylic acids is 3. The summed E-state index contributed by atoms with van der Waals surface area (Å²) in [7, 11) is 1.51. The number of nitrogens with one attached hydrogen (secondary N) is 1. The zero-order chi connectivity index (χ0) is 31.3. The summed E-state index contributed by atoms with van der Waals surface area (Å²) >= 11 is 1.70. The van der Waals surface area contributed by atoms with Gasteiger partial charge in [-0.15, -0.1) is 0 Å². The van der Waals surface area contributed by atoms with Gasteiger partial charge in [0.2, 0.25) is 17.7 Å². The molecule has 3 aromatic carbocycles. The summed E-state index contributed by atoms with van der Waals surface area (Å²) in [5, 5.41) is 12.6. The minimum atomic E-state index is -4.70. The van der Waals surface area contributed by atoms with Gasteiger partial charge in [-0.05, 0) is 48.5 Å². The largest absolute Gasteiger partial charge is 0.508 e. The van der Waals surface area contributed by atoms with Crippen LogP contribution in [0.25, 0.3) is 0 Å². The number of rotatable bonds is 6. The number of methoxy groups -OCH3 is 1. The molecule has 0 saturated carbocycles. The number of aromatic nitrogens is 1. The number of ether oxygens (including phenoxy) is 1. The van der Waals surface area contributed by atoms with Gasteiger partial charge in [0.25, 0.3) is 0 Å². The summed E-state index contributed by atoms with van der Waals surface area (Å²) in [6, 6.07) is 16.7. The van der Waals surface area contributed by atoms with Crippen LogP contribution in [-0.4, -0.2) is 39.8 Å². The van der Waals surface area contributed by atoms with Crippen molar-refractivity contribution in [1.82, 2.24) is 4.57 Å². The molecule has 3 heterocycles. The van der Waals surface area contributed by atoms with Crippen LogP contribution < -0.4 is 19.8 Å². The van der Waals surface area contributed by atoms with Crippen molar-refractivity contribution in [3.63, 3.8) is 0 Å². The molecule has 9 nitrogen and oxygen atoms in total. The topological polar surface area (TPSA) is 118 Å². The first-order valence-corrected chi connectivity index (χ1v) is 14.8. The number of aromatic hydroxyl groups is 1. The number of nitrogens with zero attached hydrogens (tertiary/aromatic N) is 2. The van der Waals surface area contributed by atoms with Gasteiger partial charge in [0.1, 0.15) is 23.3 Å². The highest BCUT2D eigenvalue weighted by molar-refractivity contribution is 8.00. The van der Waals surface area contributed by atoms with E-state index in [1.54, 1.807) is 42.5 Å². The number of halogens is 3. The summed E-state index contributed by atoms with van der Waals surface area (Å²) in [5.41, 5.74) is -0.528. The molecule has 1 aromatic heterocycles. The summed E-state index contributed by atoms with van der Waals surface area (Å²) in [5.74, 6) is -3.76. The third-order valence-electron chi connectivity index (χ3n) is 7.43. The second-order valence-electron chi connectivity index (χ2n) is 10.1. The van der Waals surface area contributed by atoms with E-state index in [-0.39, 0.29) is 22.0 Å². The lowest BCUT2D eigenvalue weighted by Gasteiger charge is -2.31. The van der Waals surface area contributed by atoms with Crippen LogP contribution in [0.2, 0.25) is 0 Å². The second-order valence-corrected chi connectivity index (χ2v) is 12.2. The second kappa shape index (κ2) is 11.2. The summed E-state index contributed by atoms with van der Waals surface area (Å²) < 4.78 is 46.8. The summed E-state index contributed by atoms with van der Waals surface area (Å²) in [6.45, 7) is -0.409. The number of hydrogen-bond donors (Lipinski definition) is 2. The van der Waals surface area contributed by atoms with Gasteiger partial charge < -0.3 is 15.2 Å². The van der Waals surface area contributed by atoms with Crippen LogP contribution in [0.15, 0.2) is 82.6 Å². The van der Waals surface area contributed by atoms with E-state index in [2.05, 4.69) is 5.32 Å². The molecular formula is C30H22F3N3O6S2. The van der Waals surface area contributed by atoms with E-state index < -0.39 is 58.0 Å². The number of anilines is 2. The van der Waals surface area contributed by atoms with Crippen molar-refractivity contribution in [3.8, 4) is 11.5 Å². The van der Waals surface area contributed by atoms with Crippen molar-refractivity contribution in [3.05, 3.63) is 98.5 Å². The molecule has 0 spiro atoms. The third kappa shape index (κ3) is 5.13. The molecule has 226 valence electrons. The summed E-state index contributed by atoms with van der Waals surface area (Å²) in [4.78, 5) is 54.6. The molecule has 4 aromatic rings. The molecule has 44 heavy (non-hydrogen) atoms. The van der Waals surface area contributed by atoms with E-state index >= 15 is 0 Å². The third-order valence-corrected chi connectivity index (χ3v) is 10.0. The fourth-order valence-corrected chi connectivity index (χ4v) is 8.20. The Labute approximate surface area is 255 Å². The highest BCUT2D eigenvalue weighted by atomic mass is 32.2. The van der Waals surface area contributed by atoms with Crippen LogP contribution >= 0.6 is 23.1 Å². The van der Waals surface area contributed by atoms with Gasteiger partial charge in [-0.3, -0.25) is 23.7 Å². The first-order valence-electron chi connectivity index (χ1n) is 13.1. The Bertz CT molecular complexity index is 1850. The van der Waals surface area contributed by atoms with E-state index in [9.17, 15) is 37.5 Å². The molecule has 2 N–H and O–H groups in total. The number of thiazole rings is 1. The molecule has 1 fully saturated rings. The van der Waals surface area contributed by atoms with Crippen molar-refractivity contribution >= 4 is 52.2 Å². The van der Waals surface area contributed by atoms with Crippen molar-refractivity contribution in [2.45, 2.75) is 28.9 Å². The van der Waals surface area contributed by atoms with E-state index in [0.717, 1.165) is 46.2 Å². The van der Waals surface area contributed by atoms with Crippen molar-refractivity contribution in [2.24, 2.45) is 5.92 Å². The first kappa shape index (κ1) is 29.5. The van der Waals surface area contributed by atoms with Crippen LogP contribution in [0, 0.1) is 5.92 Å². The Morgan fingerprint density at radius 1 is 1.00 bits per heavy atom. The Kier molecular flexibility index (Phi) is 7.49. The van der Waals surface area contributed by atoms with E-state index in [4.69, 9.17) is 4.74 Å². The lowest BCUT2D eigenvalue weighted by molar-refractivity contribution is -0.137. The van der Waals surface area contributed by atoms with Gasteiger partial charge in [-0.25, -0.2) is 4.90 Å². The monoisotopic (exact) mass is 641 g/mol. The van der Waals surface area contributed by atoms with E-state index in [0.29, 0.717) is 16.3 Å². The van der Waals surface area contributed by atoms with Gasteiger partial charge in [0.15, 0.2) is 0 Å². The fourth-order valence-electron chi connectivity index (χ4n) is 5.44. The Morgan fingerprint density at radius 2 is 1.73 bits per heavy atom. The molecule has 6 rings (SSSR count). The fraction of sp³-hybridized carbons (Fsp3) is 0.200. The molecule has 2 aliphatic heterocycles. The molecule has 2 aliphatic rings. The number of carbonyl (C=O) groups is 3. The maximum Gasteiger partial charge on any atom is 0.416 e. The van der Waals surface area contributed by atoms with Crippen molar-refractivity contribution in [1.29, 1.82) is 0 Å². The van der Waals surface area contributed by atoms with Gasteiger partial charge in [-0.1, -0.05) is 47.4 Å². The number of benzene rings is 3. The molecule has 0 bridgehead atoms. The summed E-state index contributed by atoms with van der Waals surface area (Å²) in [6.07, 6.45) is -4.70. The maximum atomic E-state index is 13.9. The standard InChI is InChI=1S/C30H22F3N3O6S2/c1-42-18-11-9-16(10-12-18)34-21(38)14-35-28-25(44-29(35)41)22(19-7-2-3-8-20(19)37)23-24(43-28)27(40)36(26(23)39)17-6-4-5-15(13-17)30(31,32)33/h2-13,22-24,37H,14H2,1H3,(H,34,38). The average molecular weight is 642 g/mol. The number of fused-ring (bicyclic) bond motifs is 2. The molecule has 3 atom stereocenters. The van der Waals surface area contributed by atoms with Crippen molar-refractivity contribution < 1.29 is 37.4 Å². The minimum Gasteiger partial charge on any atom is -0.508 e. The molecule has 14 heteroatoms. The Balaban J connectivity index is 1.40. The predicted octanol–water partition coefficient (Wildman–Crippen LogP) is 5.08. The van der Waals surface area contributed by atoms with Crippen LogP contribution in [-0.2, 0) is 27.1 Å². The van der Waals surface area contributed by atoms with Crippen molar-refractivity contribution in [2.75, 3.05) is 17.3 Å². The first-order chi connectivity index (χ1) is 21.0. The zero-order valence-corrected chi connectivity index (χ0v) is 24.3. The van der Waals surface area contributed by atoms with Gasteiger partial charge in [0.05, 0.1) is 29.3 Å². The number of phenolic OH excluding ortho intramolecular Hbond substituents is 1. The van der Waals surface area contributed by atoms with Crippen LogP contribution in [0.3, 0.4) is 0 Å². The number of para-hydroxylation sites is 1. The lowest BCUT2D eigenvalue weighted by Crippen LogP contribution is -2.33. The molecular weight excluding hydrogens is 619 g/mol. The Hall–Kier alpha value is -4.56. The van der Waals surface area contributed by atoms with E-state index in [1.165, 1.54) is 23.8 Å². The van der Waals surface area contributed by atoms with E-state index in [1.807, 2.05) is 0 Å². The quantitative estimate of drug-likeness (QED) is 0.282. The zero-order valence-electron chi connectivity index (χ0n) is 22.7. The normalized spacial score (nSPS) is 19.5. The molecule has 3 amide bonds. The number of imide groups is 1. The number of amides is 3. The van der Waals surface area contributed by atoms with Gasteiger partial charge in [0, 0.05) is 22.0 Å². The average Bonchev–Trinajstić information content (AvgIpc) is 3.43. The van der Waals surface area contributed by atoms with Crippen LogP contribution in [0.5, 0.6) is 11.5 Å². The molecule has 0 radical (unpaired) electrons. The number of alkyl halides is 3. The number of thioether (sulfide) groups is 1. The predicted molar refractivity (Wildman–Crippen MR) is 157 cm³/mol. The molecule has 0 aliphatic carbocycles. The highest BCUT2D eigenvalue weighted by Gasteiger charge is 2.57. The molecule has 1 saturated heterocycles. The van der Waals surface area contributed by atoms with Gasteiger partial charge in [-0.2, -0.15) is 13.2 Å². The number of hydrogen-bond acceptors (Lipinski definition) is 8. The smallest absolute Gasteiger partial charge is 0.416 e. The van der Waals surface area contributed by atoms with Crippen LogP contribution in [0.4, 0.5) is 24.5 Å².